The zero-order valence-corrected chi connectivity index (χ0v) is 7.17. The van der Waals surface area contributed by atoms with E-state index in [0.29, 0.717) is 0 Å². The second-order valence-corrected chi connectivity index (χ2v) is 3.09. The van der Waals surface area contributed by atoms with Gasteiger partial charge in [0.05, 0.1) is 0 Å². The Bertz CT molecular complexity index is 122. The average Bonchev–Trinajstić information content (AvgIpc) is 1.88. The summed E-state index contributed by atoms with van der Waals surface area (Å²) in [5.41, 5.74) is 0. The molecule has 0 amide bonds. The molecule has 0 saturated carbocycles. The van der Waals surface area contributed by atoms with Crippen LogP contribution in [-0.2, 0) is 9.59 Å². The van der Waals surface area contributed by atoms with Gasteiger partial charge in [-0.1, -0.05) is 6.92 Å². The van der Waals surface area contributed by atoms with Crippen LogP contribution in [0.4, 0.5) is 0 Å². The molecule has 0 radical (unpaired) electrons. The van der Waals surface area contributed by atoms with Crippen LogP contribution in [-0.4, -0.2) is 31.2 Å². The van der Waals surface area contributed by atoms with Crippen LogP contribution in [0.25, 0.3) is 0 Å². The topological polar surface area (TPSA) is 37.4 Å². The zero-order valence-electron chi connectivity index (χ0n) is 7.17. The zero-order chi connectivity index (χ0) is 8.69. The SMILES string of the molecule is CC1CCCN(C)C1.O=C=O. The van der Waals surface area contributed by atoms with Crippen LogP contribution >= 0.6 is 0 Å². The summed E-state index contributed by atoms with van der Waals surface area (Å²) < 4.78 is 0. The van der Waals surface area contributed by atoms with Crippen molar-refractivity contribution >= 4 is 6.15 Å². The smallest absolute Gasteiger partial charge is 0.306 e. The molecule has 1 fully saturated rings. The number of piperidine rings is 1. The maximum Gasteiger partial charge on any atom is 0.373 e. The van der Waals surface area contributed by atoms with Gasteiger partial charge in [-0.15, -0.1) is 0 Å². The van der Waals surface area contributed by atoms with E-state index in [4.69, 9.17) is 9.59 Å². The van der Waals surface area contributed by atoms with E-state index in [1.54, 1.807) is 0 Å². The van der Waals surface area contributed by atoms with Gasteiger partial charge >= 0.3 is 6.15 Å². The number of hydrogen-bond acceptors (Lipinski definition) is 3. The first-order chi connectivity index (χ1) is 5.20. The summed E-state index contributed by atoms with van der Waals surface area (Å²) in [6.45, 7) is 4.94. The van der Waals surface area contributed by atoms with Crippen molar-refractivity contribution in [1.82, 2.24) is 4.90 Å². The van der Waals surface area contributed by atoms with Gasteiger partial charge in [-0.25, -0.2) is 0 Å². The number of carbonyl (C=O) groups excluding carboxylic acids is 2. The van der Waals surface area contributed by atoms with Gasteiger partial charge in [0, 0.05) is 6.54 Å². The monoisotopic (exact) mass is 157 g/mol. The van der Waals surface area contributed by atoms with Gasteiger partial charge < -0.3 is 4.90 Å². The van der Waals surface area contributed by atoms with E-state index in [1.807, 2.05) is 0 Å². The molecule has 0 aromatic carbocycles. The van der Waals surface area contributed by atoms with Crippen LogP contribution in [0, 0.1) is 5.92 Å². The molecule has 11 heavy (non-hydrogen) atoms. The summed E-state index contributed by atoms with van der Waals surface area (Å²) in [5, 5.41) is 0. The fourth-order valence-electron chi connectivity index (χ4n) is 1.42. The van der Waals surface area contributed by atoms with Crippen LogP contribution in [0.15, 0.2) is 0 Å². The summed E-state index contributed by atoms with van der Waals surface area (Å²) in [6, 6.07) is 0. The van der Waals surface area contributed by atoms with E-state index in [9.17, 15) is 0 Å². The highest BCUT2D eigenvalue weighted by molar-refractivity contribution is 5.20. The van der Waals surface area contributed by atoms with E-state index in [2.05, 4.69) is 18.9 Å². The Morgan fingerprint density at radius 3 is 2.27 bits per heavy atom. The molecule has 1 rings (SSSR count). The van der Waals surface area contributed by atoms with Crippen molar-refractivity contribution in [3.05, 3.63) is 0 Å². The fourth-order valence-corrected chi connectivity index (χ4v) is 1.42. The largest absolute Gasteiger partial charge is 0.373 e. The van der Waals surface area contributed by atoms with E-state index < -0.39 is 0 Å². The molecule has 0 spiro atoms. The summed E-state index contributed by atoms with van der Waals surface area (Å²) in [5.74, 6) is 0.939. The molecule has 1 saturated heterocycles. The van der Waals surface area contributed by atoms with Crippen molar-refractivity contribution in [3.8, 4) is 0 Å². The maximum absolute atomic E-state index is 8.12. The van der Waals surface area contributed by atoms with E-state index >= 15 is 0 Å². The van der Waals surface area contributed by atoms with E-state index in [0.717, 1.165) is 5.92 Å². The molecule has 0 N–H and O–H groups in total. The standard InChI is InChI=1S/C7H15N.CO2/c1-7-4-3-5-8(2)6-7;2-1-3/h7H,3-6H2,1-2H3;. The van der Waals surface area contributed by atoms with Gasteiger partial charge in [0.1, 0.15) is 0 Å². The second kappa shape index (κ2) is 6.08. The lowest BCUT2D eigenvalue weighted by Gasteiger charge is -2.26. The lowest BCUT2D eigenvalue weighted by atomic mass is 10.0. The number of likely N-dealkylation sites (tertiary alicyclic amines) is 1. The van der Waals surface area contributed by atoms with E-state index in [1.165, 1.54) is 25.9 Å². The van der Waals surface area contributed by atoms with Crippen LogP contribution < -0.4 is 0 Å². The Hall–Kier alpha value is -0.660. The molecule has 0 aliphatic carbocycles. The Kier molecular flexibility index (Phi) is 5.71. The lowest BCUT2D eigenvalue weighted by molar-refractivity contribution is -0.191. The van der Waals surface area contributed by atoms with Crippen molar-refractivity contribution < 1.29 is 9.59 Å². The van der Waals surface area contributed by atoms with Gasteiger partial charge in [-0.3, -0.25) is 0 Å². The Morgan fingerprint density at radius 1 is 1.45 bits per heavy atom. The minimum atomic E-state index is 0.250. The summed E-state index contributed by atoms with van der Waals surface area (Å²) in [4.78, 5) is 18.7. The molecule has 3 heteroatoms. The molecule has 1 heterocycles. The molecule has 1 aliphatic rings. The maximum atomic E-state index is 8.12. The summed E-state index contributed by atoms with van der Waals surface area (Å²) in [7, 11) is 2.20. The minimum absolute atomic E-state index is 0.250. The first-order valence-electron chi connectivity index (χ1n) is 3.88. The van der Waals surface area contributed by atoms with E-state index in [-0.39, 0.29) is 6.15 Å². The predicted molar refractivity (Wildman–Crippen MR) is 40.9 cm³/mol. The highest BCUT2D eigenvalue weighted by Gasteiger charge is 2.11. The molecule has 0 aromatic heterocycles. The molecule has 0 aromatic rings. The lowest BCUT2D eigenvalue weighted by Crippen LogP contribution is -2.30. The Morgan fingerprint density at radius 2 is 2.00 bits per heavy atom. The Balaban J connectivity index is 0.000000292. The highest BCUT2D eigenvalue weighted by atomic mass is 16.2. The normalized spacial score (nSPS) is 24.7. The van der Waals surface area contributed by atoms with Gasteiger partial charge in [0.15, 0.2) is 0 Å². The van der Waals surface area contributed by atoms with Crippen LogP contribution in [0.5, 0.6) is 0 Å². The number of nitrogens with zero attached hydrogens (tertiary/aromatic N) is 1. The third-order valence-corrected chi connectivity index (χ3v) is 1.86. The van der Waals surface area contributed by atoms with Crippen LogP contribution in [0.2, 0.25) is 0 Å². The van der Waals surface area contributed by atoms with Crippen LogP contribution in [0.3, 0.4) is 0 Å². The minimum Gasteiger partial charge on any atom is -0.306 e. The van der Waals surface area contributed by atoms with Gasteiger partial charge in [-0.05, 0) is 32.4 Å². The third-order valence-electron chi connectivity index (χ3n) is 1.86. The molecule has 1 atom stereocenters. The van der Waals surface area contributed by atoms with Crippen molar-refractivity contribution in [1.29, 1.82) is 0 Å². The average molecular weight is 157 g/mol. The van der Waals surface area contributed by atoms with Crippen LogP contribution in [0.1, 0.15) is 19.8 Å². The predicted octanol–water partition coefficient (Wildman–Crippen LogP) is 0.765. The van der Waals surface area contributed by atoms with Crippen molar-refractivity contribution in [2.75, 3.05) is 20.1 Å². The van der Waals surface area contributed by atoms with Crippen molar-refractivity contribution in [2.45, 2.75) is 19.8 Å². The highest BCUT2D eigenvalue weighted by Crippen LogP contribution is 2.12. The number of rotatable bonds is 0. The Labute approximate surface area is 67.4 Å². The summed E-state index contributed by atoms with van der Waals surface area (Å²) in [6.07, 6.45) is 3.09. The molecule has 3 nitrogen and oxygen atoms in total. The molecular formula is C8H15NO2. The fraction of sp³-hybridized carbons (Fsp3) is 0.875. The van der Waals surface area contributed by atoms with Crippen molar-refractivity contribution in [3.63, 3.8) is 0 Å². The first-order valence-corrected chi connectivity index (χ1v) is 3.88. The van der Waals surface area contributed by atoms with Gasteiger partial charge in [0.2, 0.25) is 0 Å². The molecule has 1 unspecified atom stereocenters. The van der Waals surface area contributed by atoms with Gasteiger partial charge in [-0.2, -0.15) is 9.59 Å². The van der Waals surface area contributed by atoms with Crippen molar-refractivity contribution in [2.24, 2.45) is 5.92 Å². The van der Waals surface area contributed by atoms with Gasteiger partial charge in [0.25, 0.3) is 0 Å². The summed E-state index contributed by atoms with van der Waals surface area (Å²) >= 11 is 0. The molecular weight excluding hydrogens is 142 g/mol. The molecule has 64 valence electrons. The molecule has 1 aliphatic heterocycles. The molecule has 0 bridgehead atoms. The third kappa shape index (κ3) is 5.77. The second-order valence-electron chi connectivity index (χ2n) is 3.09. The quantitative estimate of drug-likeness (QED) is 0.521. The number of hydrogen-bond donors (Lipinski definition) is 0. The first kappa shape index (κ1) is 10.3.